The average molecular weight is 531 g/mol. The average Bonchev–Trinajstić information content (AvgIpc) is 3.62. The zero-order chi connectivity index (χ0) is 26.7. The molecule has 1 unspecified atom stereocenters. The van der Waals surface area contributed by atoms with Crippen molar-refractivity contribution in [3.05, 3.63) is 47.4 Å². The SMILES string of the molecule is Cn1c(-c2cc3ccc(C4CCOCC4)nc3n2CC2CC2)nc2cc(C(=O)N3CCCC(N)C3)cc(F)c21. The minimum atomic E-state index is -0.441. The van der Waals surface area contributed by atoms with Crippen molar-refractivity contribution in [1.29, 1.82) is 0 Å². The summed E-state index contributed by atoms with van der Waals surface area (Å²) in [4.78, 5) is 25.0. The first-order valence-corrected chi connectivity index (χ1v) is 14.3. The zero-order valence-electron chi connectivity index (χ0n) is 22.4. The maximum Gasteiger partial charge on any atom is 0.254 e. The number of rotatable bonds is 5. The van der Waals surface area contributed by atoms with E-state index in [0.717, 1.165) is 67.9 Å². The Balaban J connectivity index is 1.31. The van der Waals surface area contributed by atoms with Gasteiger partial charge in [0.05, 0.1) is 11.2 Å². The van der Waals surface area contributed by atoms with Gasteiger partial charge < -0.3 is 24.5 Å². The van der Waals surface area contributed by atoms with Gasteiger partial charge in [0.15, 0.2) is 5.82 Å². The van der Waals surface area contributed by atoms with Crippen LogP contribution in [-0.2, 0) is 18.3 Å². The van der Waals surface area contributed by atoms with Crippen LogP contribution < -0.4 is 5.73 Å². The number of aromatic nitrogens is 4. The molecule has 5 heterocycles. The van der Waals surface area contributed by atoms with Crippen molar-refractivity contribution >= 4 is 28.0 Å². The number of ether oxygens (including phenoxy) is 1. The summed E-state index contributed by atoms with van der Waals surface area (Å²) in [5, 5.41) is 1.06. The van der Waals surface area contributed by atoms with E-state index >= 15 is 4.39 Å². The van der Waals surface area contributed by atoms with Crippen LogP contribution in [-0.4, -0.2) is 62.3 Å². The molecule has 9 heteroatoms. The number of likely N-dealkylation sites (tertiary alicyclic amines) is 1. The van der Waals surface area contributed by atoms with Crippen LogP contribution in [0.1, 0.15) is 60.5 Å². The van der Waals surface area contributed by atoms with Gasteiger partial charge in [0.2, 0.25) is 0 Å². The first kappa shape index (κ1) is 24.7. The zero-order valence-corrected chi connectivity index (χ0v) is 22.4. The number of pyridine rings is 1. The third-order valence-corrected chi connectivity index (χ3v) is 8.69. The molecule has 2 saturated heterocycles. The van der Waals surface area contributed by atoms with Gasteiger partial charge in [-0.05, 0) is 74.8 Å². The Hall–Kier alpha value is -3.30. The van der Waals surface area contributed by atoms with Crippen molar-refractivity contribution in [1.82, 2.24) is 24.0 Å². The summed E-state index contributed by atoms with van der Waals surface area (Å²) in [6.07, 6.45) is 6.16. The smallest absolute Gasteiger partial charge is 0.254 e. The third kappa shape index (κ3) is 4.51. The Labute approximate surface area is 226 Å². The van der Waals surface area contributed by atoms with Crippen LogP contribution in [0.3, 0.4) is 0 Å². The second-order valence-electron chi connectivity index (χ2n) is 11.6. The molecule has 0 spiro atoms. The van der Waals surface area contributed by atoms with Gasteiger partial charge in [-0.3, -0.25) is 4.79 Å². The molecule has 0 bridgehead atoms. The number of carbonyl (C=O) groups is 1. The first-order valence-electron chi connectivity index (χ1n) is 14.3. The van der Waals surface area contributed by atoms with Gasteiger partial charge >= 0.3 is 0 Å². The number of imidazole rings is 1. The lowest BCUT2D eigenvalue weighted by Gasteiger charge is -2.30. The molecule has 1 atom stereocenters. The van der Waals surface area contributed by atoms with Gasteiger partial charge in [-0.2, -0.15) is 0 Å². The lowest BCUT2D eigenvalue weighted by atomic mass is 9.96. The molecule has 1 saturated carbocycles. The Morgan fingerprint density at radius 2 is 1.92 bits per heavy atom. The highest BCUT2D eigenvalue weighted by molar-refractivity contribution is 5.98. The highest BCUT2D eigenvalue weighted by Crippen LogP contribution is 2.37. The molecule has 204 valence electrons. The molecule has 1 aromatic carbocycles. The monoisotopic (exact) mass is 530 g/mol. The lowest BCUT2D eigenvalue weighted by Crippen LogP contribution is -2.45. The van der Waals surface area contributed by atoms with Gasteiger partial charge in [0.1, 0.15) is 17.0 Å². The quantitative estimate of drug-likeness (QED) is 0.407. The van der Waals surface area contributed by atoms with E-state index < -0.39 is 5.82 Å². The summed E-state index contributed by atoms with van der Waals surface area (Å²) in [5.74, 6) is 1.08. The third-order valence-electron chi connectivity index (χ3n) is 8.69. The summed E-state index contributed by atoms with van der Waals surface area (Å²) < 4.78 is 25.2. The van der Waals surface area contributed by atoms with Crippen LogP contribution in [0.25, 0.3) is 33.6 Å². The predicted octanol–water partition coefficient (Wildman–Crippen LogP) is 4.60. The number of fused-ring (bicyclic) bond motifs is 2. The minimum absolute atomic E-state index is 0.0355. The molecular formula is C30H35FN6O2. The van der Waals surface area contributed by atoms with E-state index in [9.17, 15) is 4.79 Å². The van der Waals surface area contributed by atoms with E-state index in [1.165, 1.54) is 18.9 Å². The maximum atomic E-state index is 15.5. The summed E-state index contributed by atoms with van der Waals surface area (Å²) in [6.45, 7) is 3.56. The van der Waals surface area contributed by atoms with Crippen LogP contribution >= 0.6 is 0 Å². The second-order valence-corrected chi connectivity index (χ2v) is 11.6. The van der Waals surface area contributed by atoms with Crippen molar-refractivity contribution in [2.45, 2.75) is 57.0 Å². The van der Waals surface area contributed by atoms with Gasteiger partial charge in [-0.1, -0.05) is 0 Å². The van der Waals surface area contributed by atoms with Crippen LogP contribution in [0.2, 0.25) is 0 Å². The van der Waals surface area contributed by atoms with E-state index in [-0.39, 0.29) is 11.9 Å². The van der Waals surface area contributed by atoms with Gasteiger partial charge in [-0.15, -0.1) is 0 Å². The van der Waals surface area contributed by atoms with Crippen molar-refractivity contribution in [3.8, 4) is 11.5 Å². The van der Waals surface area contributed by atoms with E-state index in [1.807, 2.05) is 11.6 Å². The fraction of sp³-hybridized carbons (Fsp3) is 0.500. The lowest BCUT2D eigenvalue weighted by molar-refractivity contribution is 0.0708. The number of halogens is 1. The van der Waals surface area contributed by atoms with Crippen molar-refractivity contribution < 1.29 is 13.9 Å². The van der Waals surface area contributed by atoms with Crippen LogP contribution in [0.4, 0.5) is 4.39 Å². The van der Waals surface area contributed by atoms with Gasteiger partial charge in [0, 0.05) is 68.5 Å². The fourth-order valence-corrected chi connectivity index (χ4v) is 6.32. The minimum Gasteiger partial charge on any atom is -0.381 e. The van der Waals surface area contributed by atoms with E-state index in [0.29, 0.717) is 47.3 Å². The summed E-state index contributed by atoms with van der Waals surface area (Å²) in [7, 11) is 1.85. The van der Waals surface area contributed by atoms with Crippen molar-refractivity contribution in [2.75, 3.05) is 26.3 Å². The highest BCUT2D eigenvalue weighted by atomic mass is 19.1. The molecule has 3 fully saturated rings. The number of carbonyl (C=O) groups excluding carboxylic acids is 1. The highest BCUT2D eigenvalue weighted by Gasteiger charge is 2.28. The number of aryl methyl sites for hydroxylation is 1. The summed E-state index contributed by atoms with van der Waals surface area (Å²) in [6, 6.07) is 9.45. The number of hydrogen-bond acceptors (Lipinski definition) is 5. The molecule has 7 rings (SSSR count). The molecule has 3 aliphatic rings. The topological polar surface area (TPSA) is 91.2 Å². The Kier molecular flexibility index (Phi) is 6.16. The first-order chi connectivity index (χ1) is 19.0. The molecule has 8 nitrogen and oxygen atoms in total. The Bertz CT molecular complexity index is 1560. The molecule has 4 aromatic rings. The molecule has 3 aromatic heterocycles. The molecule has 0 radical (unpaired) electrons. The van der Waals surface area contributed by atoms with Crippen molar-refractivity contribution in [3.63, 3.8) is 0 Å². The Morgan fingerprint density at radius 3 is 2.69 bits per heavy atom. The molecule has 39 heavy (non-hydrogen) atoms. The van der Waals surface area contributed by atoms with Crippen LogP contribution in [0, 0.1) is 11.7 Å². The standard InChI is InChI=1S/C30H35FN6O2/c1-35-27-23(31)13-21(30(38)36-10-2-3-22(32)17-36)14-25(27)34-29(35)26-15-20-6-7-24(19-8-11-39-12-9-19)33-28(20)37(26)16-18-4-5-18/h6-7,13-15,18-19,22H,2-5,8-12,16-17,32H2,1H3. The molecule has 2 N–H and O–H groups in total. The normalized spacial score (nSPS) is 20.8. The number of amides is 1. The second kappa shape index (κ2) is 9.71. The van der Waals surface area contributed by atoms with Crippen molar-refractivity contribution in [2.24, 2.45) is 18.7 Å². The number of nitrogens with zero attached hydrogens (tertiary/aromatic N) is 5. The fourth-order valence-electron chi connectivity index (χ4n) is 6.32. The van der Waals surface area contributed by atoms with Gasteiger partial charge in [-0.25, -0.2) is 14.4 Å². The number of nitrogens with two attached hydrogens (primary N) is 1. The van der Waals surface area contributed by atoms with E-state index in [2.05, 4.69) is 22.8 Å². The summed E-state index contributed by atoms with van der Waals surface area (Å²) in [5.41, 5.74) is 10.3. The molecule has 1 amide bonds. The van der Waals surface area contributed by atoms with Crippen LogP contribution in [0.15, 0.2) is 30.3 Å². The number of benzene rings is 1. The Morgan fingerprint density at radius 1 is 1.10 bits per heavy atom. The predicted molar refractivity (Wildman–Crippen MR) is 148 cm³/mol. The largest absolute Gasteiger partial charge is 0.381 e. The van der Waals surface area contributed by atoms with E-state index in [1.54, 1.807) is 11.0 Å². The van der Waals surface area contributed by atoms with Gasteiger partial charge in [0.25, 0.3) is 5.91 Å². The molecular weight excluding hydrogens is 495 g/mol. The molecule has 2 aliphatic heterocycles. The molecule has 1 aliphatic carbocycles. The number of piperidine rings is 1. The van der Waals surface area contributed by atoms with E-state index in [4.69, 9.17) is 20.4 Å². The number of hydrogen-bond donors (Lipinski definition) is 1. The summed E-state index contributed by atoms with van der Waals surface area (Å²) >= 11 is 0. The van der Waals surface area contributed by atoms with Crippen LogP contribution in [0.5, 0.6) is 0 Å². The maximum absolute atomic E-state index is 15.5.